The average molecular weight is 354 g/mol. The van der Waals surface area contributed by atoms with Crippen LogP contribution in [-0.2, 0) is 14.3 Å². The Labute approximate surface area is 150 Å². The molecule has 0 radical (unpaired) electrons. The van der Waals surface area contributed by atoms with Crippen LogP contribution in [0.25, 0.3) is 12.2 Å². The van der Waals surface area contributed by atoms with E-state index in [1.54, 1.807) is 30.3 Å². The minimum atomic E-state index is -0.663. The Morgan fingerprint density at radius 2 is 1.62 bits per heavy atom. The summed E-state index contributed by atoms with van der Waals surface area (Å²) in [7, 11) is 1.42. The number of phenols is 2. The van der Waals surface area contributed by atoms with E-state index >= 15 is 0 Å². The number of carbonyl (C=O) groups is 2. The highest BCUT2D eigenvalue weighted by Gasteiger charge is 2.04. The first kappa shape index (κ1) is 18.8. The fourth-order valence-corrected chi connectivity index (χ4v) is 1.98. The molecule has 0 atom stereocenters. The van der Waals surface area contributed by atoms with Gasteiger partial charge in [-0.2, -0.15) is 0 Å². The largest absolute Gasteiger partial charge is 0.508 e. The molecule has 0 aromatic heterocycles. The third-order valence-corrected chi connectivity index (χ3v) is 3.33. The Kier molecular flexibility index (Phi) is 6.56. The quantitative estimate of drug-likeness (QED) is 0.587. The number of carbonyl (C=O) groups excluding carboxylic acids is 2. The van der Waals surface area contributed by atoms with Crippen LogP contribution in [-0.4, -0.2) is 35.7 Å². The molecular formula is C20H18O6. The number of aromatic hydroxyl groups is 2. The van der Waals surface area contributed by atoms with Gasteiger partial charge in [-0.05, 0) is 47.5 Å². The van der Waals surface area contributed by atoms with Crippen molar-refractivity contribution < 1.29 is 29.3 Å². The lowest BCUT2D eigenvalue weighted by Gasteiger charge is -2.03. The van der Waals surface area contributed by atoms with E-state index in [2.05, 4.69) is 0 Å². The van der Waals surface area contributed by atoms with Crippen LogP contribution in [0.15, 0.2) is 54.6 Å². The summed E-state index contributed by atoms with van der Waals surface area (Å²) in [5.41, 5.74) is 1.37. The van der Waals surface area contributed by atoms with Gasteiger partial charge in [0.25, 0.3) is 0 Å². The molecule has 0 aliphatic heterocycles. The lowest BCUT2D eigenvalue weighted by molar-refractivity contribution is -0.141. The maximum Gasteiger partial charge on any atom is 0.331 e. The fourth-order valence-electron chi connectivity index (χ4n) is 1.98. The number of esters is 1. The third kappa shape index (κ3) is 5.83. The molecule has 0 aliphatic carbocycles. The van der Waals surface area contributed by atoms with Crippen molar-refractivity contribution in [2.24, 2.45) is 0 Å². The predicted molar refractivity (Wildman–Crippen MR) is 96.8 cm³/mol. The van der Waals surface area contributed by atoms with E-state index in [0.29, 0.717) is 5.56 Å². The van der Waals surface area contributed by atoms with Crippen molar-refractivity contribution in [3.8, 4) is 17.2 Å². The van der Waals surface area contributed by atoms with E-state index < -0.39 is 5.97 Å². The van der Waals surface area contributed by atoms with Crippen LogP contribution in [0.1, 0.15) is 11.1 Å². The molecule has 0 saturated carbocycles. The normalized spacial score (nSPS) is 11.0. The van der Waals surface area contributed by atoms with Gasteiger partial charge >= 0.3 is 5.97 Å². The Balaban J connectivity index is 1.84. The molecule has 0 unspecified atom stereocenters. The Hall–Kier alpha value is -3.54. The lowest BCUT2D eigenvalue weighted by atomic mass is 10.2. The second-order valence-electron chi connectivity index (χ2n) is 5.26. The van der Waals surface area contributed by atoms with Crippen molar-refractivity contribution in [1.29, 1.82) is 0 Å². The molecular weight excluding hydrogens is 336 g/mol. The topological polar surface area (TPSA) is 93.1 Å². The van der Waals surface area contributed by atoms with Crippen LogP contribution in [0.5, 0.6) is 17.2 Å². The molecule has 2 N–H and O–H groups in total. The fraction of sp³-hybridized carbons (Fsp3) is 0.100. The summed E-state index contributed by atoms with van der Waals surface area (Å²) in [4.78, 5) is 23.4. The van der Waals surface area contributed by atoms with Gasteiger partial charge in [-0.1, -0.05) is 24.3 Å². The maximum atomic E-state index is 11.7. The second-order valence-corrected chi connectivity index (χ2v) is 5.26. The first-order valence-electron chi connectivity index (χ1n) is 7.69. The summed E-state index contributed by atoms with van der Waals surface area (Å²) in [6, 6.07) is 10.9. The van der Waals surface area contributed by atoms with Gasteiger partial charge in [0.2, 0.25) is 0 Å². The highest BCUT2D eigenvalue weighted by atomic mass is 16.5. The molecule has 26 heavy (non-hydrogen) atoms. The van der Waals surface area contributed by atoms with Gasteiger partial charge in [-0.25, -0.2) is 4.79 Å². The van der Waals surface area contributed by atoms with Crippen molar-refractivity contribution in [2.45, 2.75) is 0 Å². The van der Waals surface area contributed by atoms with E-state index in [4.69, 9.17) is 9.47 Å². The van der Waals surface area contributed by atoms with E-state index in [0.717, 1.165) is 5.56 Å². The Bertz CT molecular complexity index is 834. The van der Waals surface area contributed by atoms with Gasteiger partial charge < -0.3 is 19.7 Å². The molecule has 0 fully saturated rings. The van der Waals surface area contributed by atoms with Crippen molar-refractivity contribution >= 4 is 23.9 Å². The second kappa shape index (κ2) is 9.08. The van der Waals surface area contributed by atoms with E-state index in [1.165, 1.54) is 43.5 Å². The summed E-state index contributed by atoms with van der Waals surface area (Å²) in [6.45, 7) is -0.378. The average Bonchev–Trinajstić information content (AvgIpc) is 2.65. The highest BCUT2D eigenvalue weighted by Crippen LogP contribution is 2.26. The number of rotatable bonds is 7. The Morgan fingerprint density at radius 3 is 2.31 bits per heavy atom. The van der Waals surface area contributed by atoms with Crippen molar-refractivity contribution in [3.05, 3.63) is 65.7 Å². The zero-order valence-corrected chi connectivity index (χ0v) is 14.1. The molecule has 2 rings (SSSR count). The molecule has 2 aromatic rings. The number of methoxy groups -OCH3 is 1. The van der Waals surface area contributed by atoms with Crippen LogP contribution < -0.4 is 4.74 Å². The zero-order valence-electron chi connectivity index (χ0n) is 14.1. The predicted octanol–water partition coefficient (Wildman–Crippen LogP) is 2.95. The summed E-state index contributed by atoms with van der Waals surface area (Å²) in [6.07, 6.45) is 5.53. The maximum absolute atomic E-state index is 11.7. The van der Waals surface area contributed by atoms with Crippen LogP contribution in [0.2, 0.25) is 0 Å². The van der Waals surface area contributed by atoms with Gasteiger partial charge in [0, 0.05) is 6.08 Å². The van der Waals surface area contributed by atoms with Crippen molar-refractivity contribution in [2.75, 3.05) is 13.7 Å². The standard InChI is InChI=1S/C20H18O6/c1-25-19-12-15(5-10-18(19)23)6-11-20(24)26-13-17(22)9-4-14-2-7-16(21)8-3-14/h2-12,21,23H,13H2,1H3/b9-4+,11-6?. The van der Waals surface area contributed by atoms with E-state index in [1.807, 2.05) is 0 Å². The minimum absolute atomic E-state index is 0.00163. The minimum Gasteiger partial charge on any atom is -0.508 e. The van der Waals surface area contributed by atoms with Crippen molar-refractivity contribution in [1.82, 2.24) is 0 Å². The molecule has 2 aromatic carbocycles. The summed E-state index contributed by atoms with van der Waals surface area (Å²) >= 11 is 0. The van der Waals surface area contributed by atoms with E-state index in [9.17, 15) is 19.8 Å². The highest BCUT2D eigenvalue weighted by molar-refractivity contribution is 5.96. The van der Waals surface area contributed by atoms with E-state index in [-0.39, 0.29) is 29.6 Å². The first-order chi connectivity index (χ1) is 12.5. The zero-order chi connectivity index (χ0) is 18.9. The van der Waals surface area contributed by atoms with Crippen LogP contribution >= 0.6 is 0 Å². The number of ether oxygens (including phenoxy) is 2. The number of ketones is 1. The summed E-state index contributed by atoms with van der Waals surface area (Å²) < 4.78 is 9.84. The van der Waals surface area contributed by atoms with Crippen LogP contribution in [0.3, 0.4) is 0 Å². The van der Waals surface area contributed by atoms with Gasteiger partial charge in [0.15, 0.2) is 23.9 Å². The molecule has 6 nitrogen and oxygen atoms in total. The molecule has 0 aliphatic rings. The molecule has 134 valence electrons. The molecule has 0 saturated heterocycles. The number of phenolic OH excluding ortho intramolecular Hbond substituents is 2. The number of hydrogen-bond donors (Lipinski definition) is 2. The number of benzene rings is 2. The summed E-state index contributed by atoms with van der Waals surface area (Å²) in [5, 5.41) is 18.7. The first-order valence-corrected chi connectivity index (χ1v) is 7.69. The Morgan fingerprint density at radius 1 is 0.962 bits per heavy atom. The van der Waals surface area contributed by atoms with Crippen molar-refractivity contribution in [3.63, 3.8) is 0 Å². The monoisotopic (exact) mass is 354 g/mol. The molecule has 6 heteroatoms. The molecule has 0 heterocycles. The molecule has 0 bridgehead atoms. The van der Waals surface area contributed by atoms with Crippen LogP contribution in [0.4, 0.5) is 0 Å². The molecule has 0 amide bonds. The molecule has 0 spiro atoms. The summed E-state index contributed by atoms with van der Waals surface area (Å²) in [5.74, 6) is -0.608. The van der Waals surface area contributed by atoms with Gasteiger partial charge in [-0.3, -0.25) is 4.79 Å². The lowest BCUT2D eigenvalue weighted by Crippen LogP contribution is -2.09. The third-order valence-electron chi connectivity index (χ3n) is 3.33. The van der Waals surface area contributed by atoms with Crippen LogP contribution in [0, 0.1) is 0 Å². The SMILES string of the molecule is COc1cc(C=CC(=O)OCC(=O)/C=C/c2ccc(O)cc2)ccc1O. The van der Waals surface area contributed by atoms with Gasteiger partial charge in [0.05, 0.1) is 7.11 Å². The van der Waals surface area contributed by atoms with Gasteiger partial charge in [0.1, 0.15) is 5.75 Å². The van der Waals surface area contributed by atoms with Gasteiger partial charge in [-0.15, -0.1) is 0 Å². The number of hydrogen-bond acceptors (Lipinski definition) is 6. The smallest absolute Gasteiger partial charge is 0.331 e.